The molecule has 0 spiro atoms. The highest BCUT2D eigenvalue weighted by Gasteiger charge is 2.15. The molecule has 0 fully saturated rings. The van der Waals surface area contributed by atoms with Crippen molar-refractivity contribution in [1.82, 2.24) is 4.98 Å². The van der Waals surface area contributed by atoms with Gasteiger partial charge in [-0.25, -0.2) is 9.37 Å². The molecular formula is C18H14ClFN2O2. The number of nitrogens with one attached hydrogen (secondary N) is 1. The summed E-state index contributed by atoms with van der Waals surface area (Å²) in [6, 6.07) is 12.8. The van der Waals surface area contributed by atoms with Crippen LogP contribution in [0.1, 0.15) is 17.3 Å². The standard InChI is InChI=1S/C18H14ClFN2O2/c1-2-24-16-6-4-3-5-14(16)22-18(23)13-9-11-7-8-12(20)10-15(11)21-17(13)19/h3-10H,2H2,1H3,(H,22,23). The molecule has 0 saturated heterocycles. The molecule has 1 N–H and O–H groups in total. The second-order valence-corrected chi connectivity index (χ2v) is 5.41. The van der Waals surface area contributed by atoms with Crippen LogP contribution in [0.2, 0.25) is 5.15 Å². The molecule has 0 aliphatic rings. The van der Waals surface area contributed by atoms with Gasteiger partial charge in [-0.3, -0.25) is 4.79 Å². The van der Waals surface area contributed by atoms with Gasteiger partial charge in [-0.1, -0.05) is 23.7 Å². The number of pyridine rings is 1. The Labute approximate surface area is 143 Å². The van der Waals surface area contributed by atoms with Crippen molar-refractivity contribution < 1.29 is 13.9 Å². The van der Waals surface area contributed by atoms with Crippen LogP contribution in [0.25, 0.3) is 10.9 Å². The molecule has 24 heavy (non-hydrogen) atoms. The predicted molar refractivity (Wildman–Crippen MR) is 92.3 cm³/mol. The number of hydrogen-bond donors (Lipinski definition) is 1. The van der Waals surface area contributed by atoms with Crippen LogP contribution in [0, 0.1) is 5.82 Å². The maximum Gasteiger partial charge on any atom is 0.258 e. The van der Waals surface area contributed by atoms with E-state index in [4.69, 9.17) is 16.3 Å². The monoisotopic (exact) mass is 344 g/mol. The van der Waals surface area contributed by atoms with Gasteiger partial charge in [0.15, 0.2) is 0 Å². The number of carbonyl (C=O) groups is 1. The van der Waals surface area contributed by atoms with Crippen molar-refractivity contribution in [3.05, 3.63) is 65.1 Å². The van der Waals surface area contributed by atoms with E-state index in [1.807, 2.05) is 13.0 Å². The van der Waals surface area contributed by atoms with E-state index in [1.165, 1.54) is 12.1 Å². The van der Waals surface area contributed by atoms with Crippen LogP contribution in [0.5, 0.6) is 5.75 Å². The molecule has 0 saturated carbocycles. The second-order valence-electron chi connectivity index (χ2n) is 5.05. The van der Waals surface area contributed by atoms with E-state index >= 15 is 0 Å². The zero-order valence-electron chi connectivity index (χ0n) is 12.8. The Kier molecular flexibility index (Phi) is 4.62. The van der Waals surface area contributed by atoms with Crippen molar-refractivity contribution in [2.75, 3.05) is 11.9 Å². The molecule has 3 rings (SSSR count). The highest BCUT2D eigenvalue weighted by atomic mass is 35.5. The Morgan fingerprint density at radius 2 is 2.04 bits per heavy atom. The van der Waals surface area contributed by atoms with Crippen LogP contribution in [-0.2, 0) is 0 Å². The highest BCUT2D eigenvalue weighted by Crippen LogP contribution is 2.26. The minimum absolute atomic E-state index is 0.0134. The van der Waals surface area contributed by atoms with Gasteiger partial charge in [0.25, 0.3) is 5.91 Å². The molecule has 0 radical (unpaired) electrons. The van der Waals surface area contributed by atoms with E-state index < -0.39 is 11.7 Å². The van der Waals surface area contributed by atoms with Gasteiger partial charge >= 0.3 is 0 Å². The average Bonchev–Trinajstić information content (AvgIpc) is 2.56. The Hall–Kier alpha value is -2.66. The number of anilines is 1. The molecule has 0 unspecified atom stereocenters. The van der Waals surface area contributed by atoms with Gasteiger partial charge in [-0.15, -0.1) is 0 Å². The molecule has 122 valence electrons. The van der Waals surface area contributed by atoms with Gasteiger partial charge in [0.05, 0.1) is 23.4 Å². The van der Waals surface area contributed by atoms with Gasteiger partial charge in [-0.05, 0) is 37.3 Å². The predicted octanol–water partition coefficient (Wildman–Crippen LogP) is 4.68. The fraction of sp³-hybridized carbons (Fsp3) is 0.111. The minimum atomic E-state index is -0.411. The zero-order chi connectivity index (χ0) is 17.1. The van der Waals surface area contributed by atoms with E-state index in [-0.39, 0.29) is 10.7 Å². The lowest BCUT2D eigenvalue weighted by Crippen LogP contribution is -2.14. The molecule has 3 aromatic rings. The summed E-state index contributed by atoms with van der Waals surface area (Å²) >= 11 is 6.09. The summed E-state index contributed by atoms with van der Waals surface area (Å²) in [5, 5.41) is 3.41. The molecule has 1 heterocycles. The van der Waals surface area contributed by atoms with Crippen LogP contribution >= 0.6 is 11.6 Å². The molecule has 0 aliphatic heterocycles. The highest BCUT2D eigenvalue weighted by molar-refractivity contribution is 6.33. The lowest BCUT2D eigenvalue weighted by atomic mass is 10.1. The number of hydrogen-bond acceptors (Lipinski definition) is 3. The lowest BCUT2D eigenvalue weighted by Gasteiger charge is -2.12. The molecular weight excluding hydrogens is 331 g/mol. The first-order valence-corrected chi connectivity index (χ1v) is 7.75. The third-order valence-electron chi connectivity index (χ3n) is 3.41. The maximum atomic E-state index is 13.3. The summed E-state index contributed by atoms with van der Waals surface area (Å²) in [5.74, 6) is -0.250. The number of aromatic nitrogens is 1. The first-order chi connectivity index (χ1) is 11.6. The van der Waals surface area contributed by atoms with Crippen LogP contribution in [0.3, 0.4) is 0 Å². The number of fused-ring (bicyclic) bond motifs is 1. The van der Waals surface area contributed by atoms with Gasteiger partial charge < -0.3 is 10.1 Å². The van der Waals surface area contributed by atoms with Crippen molar-refractivity contribution in [2.24, 2.45) is 0 Å². The maximum absolute atomic E-state index is 13.3. The number of halogens is 2. The zero-order valence-corrected chi connectivity index (χ0v) is 13.6. The number of carbonyl (C=O) groups excluding carboxylic acids is 1. The molecule has 0 bridgehead atoms. The Balaban J connectivity index is 1.94. The van der Waals surface area contributed by atoms with Crippen molar-refractivity contribution in [1.29, 1.82) is 0 Å². The summed E-state index contributed by atoms with van der Waals surface area (Å²) in [6.45, 7) is 2.35. The molecule has 0 atom stereocenters. The SMILES string of the molecule is CCOc1ccccc1NC(=O)c1cc2ccc(F)cc2nc1Cl. The number of ether oxygens (including phenoxy) is 1. The van der Waals surface area contributed by atoms with Crippen LogP contribution < -0.4 is 10.1 Å². The quantitative estimate of drug-likeness (QED) is 0.699. The lowest BCUT2D eigenvalue weighted by molar-refractivity contribution is 0.102. The first-order valence-electron chi connectivity index (χ1n) is 7.37. The largest absolute Gasteiger partial charge is 0.492 e. The summed E-state index contributed by atoms with van der Waals surface area (Å²) in [4.78, 5) is 16.6. The third kappa shape index (κ3) is 3.31. The molecule has 2 aromatic carbocycles. The van der Waals surface area contributed by atoms with Crippen LogP contribution in [0.15, 0.2) is 48.5 Å². The summed E-state index contributed by atoms with van der Waals surface area (Å²) in [5.41, 5.74) is 1.15. The number of para-hydroxylation sites is 2. The Bertz CT molecular complexity index is 915. The Morgan fingerprint density at radius 3 is 2.83 bits per heavy atom. The number of amides is 1. The van der Waals surface area contributed by atoms with E-state index in [2.05, 4.69) is 10.3 Å². The van der Waals surface area contributed by atoms with Crippen LogP contribution in [-0.4, -0.2) is 17.5 Å². The van der Waals surface area contributed by atoms with Crippen molar-refractivity contribution in [2.45, 2.75) is 6.92 Å². The van der Waals surface area contributed by atoms with Crippen molar-refractivity contribution >= 4 is 34.1 Å². The van der Waals surface area contributed by atoms with Gasteiger partial charge in [-0.2, -0.15) is 0 Å². The van der Waals surface area contributed by atoms with E-state index in [0.717, 1.165) is 0 Å². The molecule has 6 heteroatoms. The van der Waals surface area contributed by atoms with Gasteiger partial charge in [0.1, 0.15) is 16.7 Å². The molecule has 1 amide bonds. The number of benzene rings is 2. The van der Waals surface area contributed by atoms with Gasteiger partial charge in [0, 0.05) is 11.5 Å². The van der Waals surface area contributed by atoms with Crippen molar-refractivity contribution in [3.8, 4) is 5.75 Å². The second kappa shape index (κ2) is 6.84. The van der Waals surface area contributed by atoms with Gasteiger partial charge in [0.2, 0.25) is 0 Å². The minimum Gasteiger partial charge on any atom is -0.492 e. The summed E-state index contributed by atoms with van der Waals surface area (Å²) in [7, 11) is 0. The topological polar surface area (TPSA) is 51.2 Å². The fourth-order valence-electron chi connectivity index (χ4n) is 2.32. The van der Waals surface area contributed by atoms with E-state index in [9.17, 15) is 9.18 Å². The number of nitrogens with zero attached hydrogens (tertiary/aromatic N) is 1. The normalized spacial score (nSPS) is 10.6. The van der Waals surface area contributed by atoms with E-state index in [0.29, 0.717) is 28.9 Å². The van der Waals surface area contributed by atoms with Crippen LogP contribution in [0.4, 0.5) is 10.1 Å². The Morgan fingerprint density at radius 1 is 1.25 bits per heavy atom. The smallest absolute Gasteiger partial charge is 0.258 e. The average molecular weight is 345 g/mol. The molecule has 0 aliphatic carbocycles. The first kappa shape index (κ1) is 16.2. The summed E-state index contributed by atoms with van der Waals surface area (Å²) < 4.78 is 18.7. The van der Waals surface area contributed by atoms with E-state index in [1.54, 1.807) is 30.3 Å². The summed E-state index contributed by atoms with van der Waals surface area (Å²) in [6.07, 6.45) is 0. The molecule has 1 aromatic heterocycles. The molecule has 4 nitrogen and oxygen atoms in total. The third-order valence-corrected chi connectivity index (χ3v) is 3.70. The fourth-order valence-corrected chi connectivity index (χ4v) is 2.55. The van der Waals surface area contributed by atoms with Crippen molar-refractivity contribution in [3.63, 3.8) is 0 Å². The number of rotatable bonds is 4.